The molecule has 1 atom stereocenters. The van der Waals surface area contributed by atoms with Crippen molar-refractivity contribution in [3.63, 3.8) is 0 Å². The Morgan fingerprint density at radius 3 is 2.71 bits per heavy atom. The molecule has 1 aromatic rings. The molecule has 1 aliphatic heterocycles. The standard InChI is InChI=1S/C12H18N2O2S/c1-14(12-5-3-2-4-6-12)9-11-10-17(15,16)8-7-13-11/h2-6,11,13H,7-10H2,1H3. The van der Waals surface area contributed by atoms with E-state index in [0.717, 1.165) is 5.69 Å². The Hall–Kier alpha value is -1.07. The van der Waals surface area contributed by atoms with Gasteiger partial charge in [-0.15, -0.1) is 0 Å². The third-order valence-corrected chi connectivity index (χ3v) is 4.73. The van der Waals surface area contributed by atoms with Gasteiger partial charge in [0.2, 0.25) is 0 Å². The minimum absolute atomic E-state index is 0.0268. The number of nitrogens with one attached hydrogen (secondary N) is 1. The second-order valence-electron chi connectivity index (χ2n) is 4.48. The highest BCUT2D eigenvalue weighted by atomic mass is 32.2. The predicted octanol–water partition coefficient (Wildman–Crippen LogP) is 0.509. The van der Waals surface area contributed by atoms with Gasteiger partial charge in [0.15, 0.2) is 9.84 Å². The number of hydrogen-bond acceptors (Lipinski definition) is 4. The van der Waals surface area contributed by atoms with Crippen LogP contribution in [0.15, 0.2) is 30.3 Å². The summed E-state index contributed by atoms with van der Waals surface area (Å²) in [5, 5.41) is 3.25. The third kappa shape index (κ3) is 3.44. The molecule has 0 amide bonds. The SMILES string of the molecule is CN(CC1CS(=O)(=O)CCN1)c1ccccc1. The summed E-state index contributed by atoms with van der Waals surface area (Å²) in [5.74, 6) is 0.503. The Morgan fingerprint density at radius 2 is 2.06 bits per heavy atom. The number of sulfone groups is 1. The van der Waals surface area contributed by atoms with Crippen molar-refractivity contribution in [2.45, 2.75) is 6.04 Å². The molecule has 0 saturated carbocycles. The molecule has 94 valence electrons. The van der Waals surface area contributed by atoms with Crippen LogP contribution in [-0.4, -0.2) is 46.1 Å². The minimum atomic E-state index is -2.85. The van der Waals surface area contributed by atoms with E-state index in [9.17, 15) is 8.42 Å². The van der Waals surface area contributed by atoms with Crippen LogP contribution < -0.4 is 10.2 Å². The first-order valence-corrected chi connectivity index (χ1v) is 7.59. The third-order valence-electron chi connectivity index (χ3n) is 2.99. The molecule has 4 nitrogen and oxygen atoms in total. The van der Waals surface area contributed by atoms with Crippen LogP contribution in [0.2, 0.25) is 0 Å². The van der Waals surface area contributed by atoms with Gasteiger partial charge in [0.05, 0.1) is 11.5 Å². The van der Waals surface area contributed by atoms with E-state index >= 15 is 0 Å². The molecular formula is C12H18N2O2S. The van der Waals surface area contributed by atoms with E-state index in [2.05, 4.69) is 10.2 Å². The van der Waals surface area contributed by atoms with Crippen LogP contribution in [-0.2, 0) is 9.84 Å². The van der Waals surface area contributed by atoms with E-state index < -0.39 is 9.84 Å². The summed E-state index contributed by atoms with van der Waals surface area (Å²) >= 11 is 0. The number of benzene rings is 1. The lowest BCUT2D eigenvalue weighted by molar-refractivity contribution is 0.516. The molecule has 5 heteroatoms. The van der Waals surface area contributed by atoms with Crippen molar-refractivity contribution in [3.8, 4) is 0 Å². The number of rotatable bonds is 3. The lowest BCUT2D eigenvalue weighted by atomic mass is 10.2. The second kappa shape index (κ2) is 5.06. The largest absolute Gasteiger partial charge is 0.373 e. The number of nitrogens with zero attached hydrogens (tertiary/aromatic N) is 1. The van der Waals surface area contributed by atoms with E-state index in [1.54, 1.807) is 0 Å². The average Bonchev–Trinajstić information content (AvgIpc) is 2.29. The Morgan fingerprint density at radius 1 is 1.35 bits per heavy atom. The quantitative estimate of drug-likeness (QED) is 0.854. The molecule has 1 N–H and O–H groups in total. The molecule has 1 heterocycles. The van der Waals surface area contributed by atoms with Crippen molar-refractivity contribution in [2.24, 2.45) is 0 Å². The zero-order valence-electron chi connectivity index (χ0n) is 9.96. The van der Waals surface area contributed by atoms with Crippen LogP contribution in [0, 0.1) is 0 Å². The fourth-order valence-electron chi connectivity index (χ4n) is 2.10. The Kier molecular flexibility index (Phi) is 3.69. The van der Waals surface area contributed by atoms with Crippen LogP contribution in [0.25, 0.3) is 0 Å². The molecular weight excluding hydrogens is 236 g/mol. The fourth-order valence-corrected chi connectivity index (χ4v) is 3.53. The highest BCUT2D eigenvalue weighted by Gasteiger charge is 2.24. The molecule has 0 radical (unpaired) electrons. The molecule has 1 fully saturated rings. The van der Waals surface area contributed by atoms with E-state index in [4.69, 9.17) is 0 Å². The molecule has 1 unspecified atom stereocenters. The predicted molar refractivity (Wildman–Crippen MR) is 70.2 cm³/mol. The summed E-state index contributed by atoms with van der Waals surface area (Å²) in [6.07, 6.45) is 0. The lowest BCUT2D eigenvalue weighted by Gasteiger charge is -2.29. The lowest BCUT2D eigenvalue weighted by Crippen LogP contribution is -2.50. The monoisotopic (exact) mass is 254 g/mol. The molecule has 17 heavy (non-hydrogen) atoms. The highest BCUT2D eigenvalue weighted by Crippen LogP contribution is 2.12. The molecule has 2 rings (SSSR count). The summed E-state index contributed by atoms with van der Waals surface area (Å²) in [5.41, 5.74) is 1.11. The highest BCUT2D eigenvalue weighted by molar-refractivity contribution is 7.91. The van der Waals surface area contributed by atoms with Gasteiger partial charge in [-0.05, 0) is 12.1 Å². The zero-order valence-corrected chi connectivity index (χ0v) is 10.8. The van der Waals surface area contributed by atoms with Crippen LogP contribution >= 0.6 is 0 Å². The maximum Gasteiger partial charge on any atom is 0.153 e. The Balaban J connectivity index is 1.97. The van der Waals surface area contributed by atoms with E-state index in [1.807, 2.05) is 37.4 Å². The number of hydrogen-bond donors (Lipinski definition) is 1. The van der Waals surface area contributed by atoms with Gasteiger partial charge >= 0.3 is 0 Å². The smallest absolute Gasteiger partial charge is 0.153 e. The van der Waals surface area contributed by atoms with Gasteiger partial charge in [0.25, 0.3) is 0 Å². The molecule has 1 aliphatic rings. The maximum atomic E-state index is 11.5. The first-order valence-electron chi connectivity index (χ1n) is 5.77. The first kappa shape index (κ1) is 12.4. The number of likely N-dealkylation sites (N-methyl/N-ethyl adjacent to an activating group) is 1. The zero-order chi connectivity index (χ0) is 12.3. The van der Waals surface area contributed by atoms with E-state index in [0.29, 0.717) is 13.1 Å². The van der Waals surface area contributed by atoms with Crippen LogP contribution in [0.5, 0.6) is 0 Å². The van der Waals surface area contributed by atoms with Crippen molar-refractivity contribution >= 4 is 15.5 Å². The minimum Gasteiger partial charge on any atom is -0.373 e. The van der Waals surface area contributed by atoms with E-state index in [1.165, 1.54) is 0 Å². The normalized spacial score (nSPS) is 23.2. The fraction of sp³-hybridized carbons (Fsp3) is 0.500. The van der Waals surface area contributed by atoms with Gasteiger partial charge in [-0.2, -0.15) is 0 Å². The summed E-state index contributed by atoms with van der Waals surface area (Å²) in [4.78, 5) is 2.08. The molecule has 0 aliphatic carbocycles. The van der Waals surface area contributed by atoms with Gasteiger partial charge in [-0.3, -0.25) is 0 Å². The maximum absolute atomic E-state index is 11.5. The van der Waals surface area contributed by atoms with Crippen molar-refractivity contribution < 1.29 is 8.42 Å². The number of para-hydroxylation sites is 1. The summed E-state index contributed by atoms with van der Waals surface area (Å²) in [6, 6.07) is 10.0. The van der Waals surface area contributed by atoms with Gasteiger partial charge < -0.3 is 10.2 Å². The van der Waals surface area contributed by atoms with Gasteiger partial charge in [0.1, 0.15) is 0 Å². The van der Waals surface area contributed by atoms with Gasteiger partial charge in [-0.25, -0.2) is 8.42 Å². The van der Waals surface area contributed by atoms with E-state index in [-0.39, 0.29) is 17.5 Å². The molecule has 0 aromatic heterocycles. The van der Waals surface area contributed by atoms with Crippen molar-refractivity contribution in [2.75, 3.05) is 36.5 Å². The summed E-state index contributed by atoms with van der Waals surface area (Å²) in [7, 11) is -0.865. The molecule has 1 saturated heterocycles. The van der Waals surface area contributed by atoms with Crippen molar-refractivity contribution in [3.05, 3.63) is 30.3 Å². The van der Waals surface area contributed by atoms with Gasteiger partial charge in [-0.1, -0.05) is 18.2 Å². The van der Waals surface area contributed by atoms with Gasteiger partial charge in [0, 0.05) is 31.9 Å². The van der Waals surface area contributed by atoms with Crippen molar-refractivity contribution in [1.29, 1.82) is 0 Å². The molecule has 0 spiro atoms. The van der Waals surface area contributed by atoms with Crippen LogP contribution in [0.1, 0.15) is 0 Å². The second-order valence-corrected chi connectivity index (χ2v) is 6.71. The van der Waals surface area contributed by atoms with Crippen LogP contribution in [0.3, 0.4) is 0 Å². The Labute approximate surface area is 103 Å². The summed E-state index contributed by atoms with van der Waals surface area (Å²) < 4.78 is 23.0. The molecule has 0 bridgehead atoms. The topological polar surface area (TPSA) is 49.4 Å². The first-order chi connectivity index (χ1) is 8.07. The van der Waals surface area contributed by atoms with Crippen molar-refractivity contribution in [1.82, 2.24) is 5.32 Å². The van der Waals surface area contributed by atoms with Crippen LogP contribution in [0.4, 0.5) is 5.69 Å². The Bertz CT molecular complexity index is 459. The summed E-state index contributed by atoms with van der Waals surface area (Å²) in [6.45, 7) is 1.28. The molecule has 1 aromatic carbocycles. The number of anilines is 1. The average molecular weight is 254 g/mol.